The Balaban J connectivity index is 2.29. The lowest BCUT2D eigenvalue weighted by Crippen LogP contribution is -2.46. The van der Waals surface area contributed by atoms with Gasteiger partial charge in [0.2, 0.25) is 0 Å². The molecule has 1 aliphatic rings. The Morgan fingerprint density at radius 2 is 2.14 bits per heavy atom. The van der Waals surface area contributed by atoms with E-state index in [1.807, 2.05) is 0 Å². The standard InChI is InChI=1S/C11H22N2O/c1-9(8-14-2)11(7-12)13-10-5-3-4-6-10/h3-4,9-11,13H,5-8,12H2,1-2H3. The largest absolute Gasteiger partial charge is 0.384 e. The van der Waals surface area contributed by atoms with Crippen LogP contribution in [0.1, 0.15) is 19.8 Å². The molecule has 0 aromatic heterocycles. The summed E-state index contributed by atoms with van der Waals surface area (Å²) in [5.74, 6) is 0.477. The first kappa shape index (κ1) is 11.7. The van der Waals surface area contributed by atoms with Crippen LogP contribution in [0, 0.1) is 5.92 Å². The fourth-order valence-corrected chi connectivity index (χ4v) is 1.90. The van der Waals surface area contributed by atoms with Crippen molar-refractivity contribution in [3.8, 4) is 0 Å². The molecule has 82 valence electrons. The molecular weight excluding hydrogens is 176 g/mol. The van der Waals surface area contributed by atoms with Gasteiger partial charge in [0.05, 0.1) is 6.61 Å². The molecule has 0 amide bonds. The molecule has 3 heteroatoms. The maximum absolute atomic E-state index is 5.74. The summed E-state index contributed by atoms with van der Waals surface area (Å²) in [6.07, 6.45) is 6.73. The zero-order chi connectivity index (χ0) is 10.4. The van der Waals surface area contributed by atoms with Crippen LogP contribution in [0.4, 0.5) is 0 Å². The number of nitrogens with two attached hydrogens (primary N) is 1. The van der Waals surface area contributed by atoms with Gasteiger partial charge >= 0.3 is 0 Å². The number of nitrogens with one attached hydrogen (secondary N) is 1. The first-order valence-electron chi connectivity index (χ1n) is 5.38. The normalized spacial score (nSPS) is 21.4. The Morgan fingerprint density at radius 3 is 2.64 bits per heavy atom. The fraction of sp³-hybridized carbons (Fsp3) is 0.818. The first-order valence-corrected chi connectivity index (χ1v) is 5.38. The molecule has 0 bridgehead atoms. The molecule has 1 aliphatic carbocycles. The van der Waals surface area contributed by atoms with Crippen molar-refractivity contribution < 1.29 is 4.74 Å². The van der Waals surface area contributed by atoms with E-state index in [2.05, 4.69) is 24.4 Å². The molecule has 3 N–H and O–H groups in total. The third-order valence-corrected chi connectivity index (χ3v) is 2.83. The molecule has 0 heterocycles. The molecule has 0 fully saturated rings. The van der Waals surface area contributed by atoms with Crippen LogP contribution in [0.2, 0.25) is 0 Å². The van der Waals surface area contributed by atoms with Gasteiger partial charge in [-0.1, -0.05) is 19.1 Å². The predicted octanol–water partition coefficient (Wildman–Crippen LogP) is 0.904. The third kappa shape index (κ3) is 3.40. The predicted molar refractivity (Wildman–Crippen MR) is 59.2 cm³/mol. The van der Waals surface area contributed by atoms with Crippen LogP contribution in [0.3, 0.4) is 0 Å². The molecule has 0 aromatic rings. The summed E-state index contributed by atoms with van der Waals surface area (Å²) in [5, 5.41) is 3.58. The fourth-order valence-electron chi connectivity index (χ4n) is 1.90. The molecule has 0 saturated carbocycles. The zero-order valence-electron chi connectivity index (χ0n) is 9.20. The molecule has 0 aliphatic heterocycles. The molecular formula is C11H22N2O. The van der Waals surface area contributed by atoms with Crippen molar-refractivity contribution in [1.82, 2.24) is 5.32 Å². The maximum Gasteiger partial charge on any atom is 0.0503 e. The third-order valence-electron chi connectivity index (χ3n) is 2.83. The summed E-state index contributed by atoms with van der Waals surface area (Å²) in [6.45, 7) is 3.63. The number of ether oxygens (including phenoxy) is 1. The highest BCUT2D eigenvalue weighted by molar-refractivity contribution is 4.99. The minimum Gasteiger partial charge on any atom is -0.384 e. The highest BCUT2D eigenvalue weighted by atomic mass is 16.5. The van der Waals surface area contributed by atoms with E-state index < -0.39 is 0 Å². The van der Waals surface area contributed by atoms with Crippen molar-refractivity contribution in [1.29, 1.82) is 0 Å². The van der Waals surface area contributed by atoms with Gasteiger partial charge in [-0.3, -0.25) is 0 Å². The van der Waals surface area contributed by atoms with E-state index in [0.717, 1.165) is 19.4 Å². The van der Waals surface area contributed by atoms with E-state index >= 15 is 0 Å². The van der Waals surface area contributed by atoms with Gasteiger partial charge in [0.15, 0.2) is 0 Å². The molecule has 1 rings (SSSR count). The quantitative estimate of drug-likeness (QED) is 0.624. The zero-order valence-corrected chi connectivity index (χ0v) is 9.20. The van der Waals surface area contributed by atoms with Gasteiger partial charge in [-0.2, -0.15) is 0 Å². The minimum atomic E-state index is 0.375. The van der Waals surface area contributed by atoms with E-state index in [9.17, 15) is 0 Å². The van der Waals surface area contributed by atoms with Gasteiger partial charge in [-0.05, 0) is 18.8 Å². The highest BCUT2D eigenvalue weighted by Gasteiger charge is 2.19. The van der Waals surface area contributed by atoms with E-state index in [4.69, 9.17) is 10.5 Å². The Morgan fingerprint density at radius 1 is 1.50 bits per heavy atom. The second-order valence-electron chi connectivity index (χ2n) is 4.08. The van der Waals surface area contributed by atoms with Crippen LogP contribution in [-0.2, 0) is 4.74 Å². The van der Waals surface area contributed by atoms with E-state index in [0.29, 0.717) is 24.5 Å². The number of hydrogen-bond donors (Lipinski definition) is 2. The molecule has 0 saturated heterocycles. The van der Waals surface area contributed by atoms with Gasteiger partial charge in [0.25, 0.3) is 0 Å². The van der Waals surface area contributed by atoms with Gasteiger partial charge in [0.1, 0.15) is 0 Å². The first-order chi connectivity index (χ1) is 6.77. The summed E-state index contributed by atoms with van der Waals surface area (Å²) in [5.41, 5.74) is 5.74. The van der Waals surface area contributed by atoms with Crippen molar-refractivity contribution in [2.45, 2.75) is 31.8 Å². The van der Waals surface area contributed by atoms with E-state index in [1.54, 1.807) is 7.11 Å². The second-order valence-corrected chi connectivity index (χ2v) is 4.08. The second kappa shape index (κ2) is 6.17. The van der Waals surface area contributed by atoms with Gasteiger partial charge in [-0.25, -0.2) is 0 Å². The maximum atomic E-state index is 5.74. The van der Waals surface area contributed by atoms with Crippen molar-refractivity contribution in [3.05, 3.63) is 12.2 Å². The molecule has 0 aromatic carbocycles. The van der Waals surface area contributed by atoms with E-state index in [-0.39, 0.29) is 0 Å². The molecule has 0 radical (unpaired) electrons. The number of rotatable bonds is 6. The summed E-state index contributed by atoms with van der Waals surface area (Å²) in [7, 11) is 1.74. The van der Waals surface area contributed by atoms with Crippen LogP contribution in [0.15, 0.2) is 12.2 Å². The molecule has 2 unspecified atom stereocenters. The van der Waals surface area contributed by atoms with Crippen molar-refractivity contribution >= 4 is 0 Å². The van der Waals surface area contributed by atoms with Crippen molar-refractivity contribution in [2.75, 3.05) is 20.3 Å². The Kier molecular flexibility index (Phi) is 5.15. The molecule has 3 nitrogen and oxygen atoms in total. The van der Waals surface area contributed by atoms with Gasteiger partial charge < -0.3 is 15.8 Å². The van der Waals surface area contributed by atoms with Gasteiger partial charge in [0, 0.05) is 25.7 Å². The van der Waals surface area contributed by atoms with E-state index in [1.165, 1.54) is 0 Å². The van der Waals surface area contributed by atoms with Crippen LogP contribution in [0.5, 0.6) is 0 Å². The number of methoxy groups -OCH3 is 1. The Labute approximate surface area is 86.7 Å². The Bertz CT molecular complexity index is 174. The lowest BCUT2D eigenvalue weighted by atomic mass is 10.0. The van der Waals surface area contributed by atoms with Crippen LogP contribution in [-0.4, -0.2) is 32.3 Å². The topological polar surface area (TPSA) is 47.3 Å². The minimum absolute atomic E-state index is 0.375. The molecule has 0 spiro atoms. The summed E-state index contributed by atoms with van der Waals surface area (Å²) >= 11 is 0. The number of hydrogen-bond acceptors (Lipinski definition) is 3. The van der Waals surface area contributed by atoms with Crippen molar-refractivity contribution in [2.24, 2.45) is 11.7 Å². The summed E-state index contributed by atoms with van der Waals surface area (Å²) < 4.78 is 5.14. The highest BCUT2D eigenvalue weighted by Crippen LogP contribution is 2.12. The average Bonchev–Trinajstić information content (AvgIpc) is 2.66. The van der Waals surface area contributed by atoms with Crippen LogP contribution in [0.25, 0.3) is 0 Å². The average molecular weight is 198 g/mol. The van der Waals surface area contributed by atoms with Crippen LogP contribution < -0.4 is 11.1 Å². The summed E-state index contributed by atoms with van der Waals surface area (Å²) in [6, 6.07) is 0.961. The molecule has 14 heavy (non-hydrogen) atoms. The SMILES string of the molecule is COCC(C)C(CN)NC1CC=CC1. The van der Waals surface area contributed by atoms with Gasteiger partial charge in [-0.15, -0.1) is 0 Å². The van der Waals surface area contributed by atoms with Crippen molar-refractivity contribution in [3.63, 3.8) is 0 Å². The lowest BCUT2D eigenvalue weighted by molar-refractivity contribution is 0.137. The smallest absolute Gasteiger partial charge is 0.0503 e. The lowest BCUT2D eigenvalue weighted by Gasteiger charge is -2.26. The monoisotopic (exact) mass is 198 g/mol. The summed E-state index contributed by atoms with van der Waals surface area (Å²) in [4.78, 5) is 0. The van der Waals surface area contributed by atoms with Crippen LogP contribution >= 0.6 is 0 Å². The molecule has 2 atom stereocenters. The Hall–Kier alpha value is -0.380.